The Bertz CT molecular complexity index is 394. The number of hydrogen-bond acceptors (Lipinski definition) is 5. The van der Waals surface area contributed by atoms with Crippen molar-refractivity contribution in [2.24, 2.45) is 5.73 Å². The molecular weight excluding hydrogens is 236 g/mol. The molecule has 0 aromatic heterocycles. The number of amides is 1. The molecule has 1 amide bonds. The SMILES string of the molecule is COC(=O)[C@H](N)CNC(=O)OCc1ccccc1. The summed E-state index contributed by atoms with van der Waals surface area (Å²) in [5.41, 5.74) is 6.32. The van der Waals surface area contributed by atoms with Gasteiger partial charge < -0.3 is 20.5 Å². The van der Waals surface area contributed by atoms with E-state index in [1.54, 1.807) is 0 Å². The summed E-state index contributed by atoms with van der Waals surface area (Å²) in [5.74, 6) is -0.585. The van der Waals surface area contributed by atoms with Crippen LogP contribution in [0.15, 0.2) is 30.3 Å². The van der Waals surface area contributed by atoms with Gasteiger partial charge in [0.25, 0.3) is 0 Å². The molecule has 0 fully saturated rings. The minimum atomic E-state index is -0.890. The highest BCUT2D eigenvalue weighted by atomic mass is 16.5. The molecule has 0 unspecified atom stereocenters. The van der Waals surface area contributed by atoms with Crippen LogP contribution in [0.2, 0.25) is 0 Å². The number of alkyl carbamates (subject to hydrolysis) is 1. The van der Waals surface area contributed by atoms with Crippen LogP contribution in [-0.4, -0.2) is 31.8 Å². The molecule has 0 radical (unpaired) electrons. The molecule has 0 saturated heterocycles. The monoisotopic (exact) mass is 252 g/mol. The number of hydrogen-bond donors (Lipinski definition) is 2. The van der Waals surface area contributed by atoms with Crippen LogP contribution in [0.1, 0.15) is 5.56 Å². The molecule has 6 nitrogen and oxygen atoms in total. The largest absolute Gasteiger partial charge is 0.468 e. The van der Waals surface area contributed by atoms with Crippen LogP contribution in [0.25, 0.3) is 0 Å². The molecule has 6 heteroatoms. The quantitative estimate of drug-likeness (QED) is 0.741. The number of nitrogens with one attached hydrogen (secondary N) is 1. The third kappa shape index (κ3) is 4.84. The number of benzene rings is 1. The Labute approximate surface area is 105 Å². The second-order valence-corrected chi connectivity index (χ2v) is 3.57. The van der Waals surface area contributed by atoms with E-state index in [1.807, 2.05) is 30.3 Å². The average Bonchev–Trinajstić information content (AvgIpc) is 2.42. The van der Waals surface area contributed by atoms with Crippen LogP contribution in [0, 0.1) is 0 Å². The van der Waals surface area contributed by atoms with E-state index in [9.17, 15) is 9.59 Å². The fourth-order valence-corrected chi connectivity index (χ4v) is 1.20. The standard InChI is InChI=1S/C12H16N2O4/c1-17-11(15)10(13)7-14-12(16)18-8-9-5-3-2-4-6-9/h2-6,10H,7-8,13H2,1H3,(H,14,16)/t10-/m1/s1. The molecule has 1 atom stereocenters. The number of rotatable bonds is 5. The normalized spacial score (nSPS) is 11.4. The molecular formula is C12H16N2O4. The minimum Gasteiger partial charge on any atom is -0.468 e. The number of nitrogens with two attached hydrogens (primary N) is 1. The summed E-state index contributed by atoms with van der Waals surface area (Å²) in [6.45, 7) is 0.139. The highest BCUT2D eigenvalue weighted by Crippen LogP contribution is 2.00. The average molecular weight is 252 g/mol. The van der Waals surface area contributed by atoms with Crippen LogP contribution in [0.3, 0.4) is 0 Å². The topological polar surface area (TPSA) is 90.6 Å². The maximum Gasteiger partial charge on any atom is 0.407 e. The van der Waals surface area contributed by atoms with Gasteiger partial charge in [-0.3, -0.25) is 4.79 Å². The molecule has 0 saturated carbocycles. The smallest absolute Gasteiger partial charge is 0.407 e. The summed E-state index contributed by atoms with van der Waals surface area (Å²) in [4.78, 5) is 22.3. The number of carbonyl (C=O) groups excluding carboxylic acids is 2. The van der Waals surface area contributed by atoms with Crippen molar-refractivity contribution in [3.63, 3.8) is 0 Å². The van der Waals surface area contributed by atoms with Crippen molar-refractivity contribution >= 4 is 12.1 Å². The molecule has 0 aliphatic rings. The lowest BCUT2D eigenvalue weighted by Gasteiger charge is -2.10. The van der Waals surface area contributed by atoms with Gasteiger partial charge in [-0.15, -0.1) is 0 Å². The summed E-state index contributed by atoms with van der Waals surface area (Å²) in [5, 5.41) is 2.38. The van der Waals surface area contributed by atoms with Crippen molar-refractivity contribution in [3.05, 3.63) is 35.9 Å². The molecule has 3 N–H and O–H groups in total. The Kier molecular flexibility index (Phi) is 5.66. The van der Waals surface area contributed by atoms with Crippen LogP contribution in [-0.2, 0) is 20.9 Å². The van der Waals surface area contributed by atoms with Crippen molar-refractivity contribution in [2.75, 3.05) is 13.7 Å². The van der Waals surface area contributed by atoms with Gasteiger partial charge in [0.15, 0.2) is 0 Å². The van der Waals surface area contributed by atoms with Crippen LogP contribution >= 0.6 is 0 Å². The summed E-state index contributed by atoms with van der Waals surface area (Å²) in [7, 11) is 1.23. The van der Waals surface area contributed by atoms with E-state index in [1.165, 1.54) is 7.11 Å². The molecule has 0 heterocycles. The first kappa shape index (κ1) is 14.0. The number of methoxy groups -OCH3 is 1. The molecule has 0 aliphatic carbocycles. The number of ether oxygens (including phenoxy) is 2. The van der Waals surface area contributed by atoms with Crippen molar-refractivity contribution in [3.8, 4) is 0 Å². The minimum absolute atomic E-state index is 0.0275. The fraction of sp³-hybridized carbons (Fsp3) is 0.333. The Morgan fingerprint density at radius 2 is 2.00 bits per heavy atom. The van der Waals surface area contributed by atoms with Crippen LogP contribution in [0.4, 0.5) is 4.79 Å². The Balaban J connectivity index is 2.24. The van der Waals surface area contributed by atoms with Crippen molar-refractivity contribution in [2.45, 2.75) is 12.6 Å². The summed E-state index contributed by atoms with van der Waals surface area (Å²) < 4.78 is 9.35. The summed E-state index contributed by atoms with van der Waals surface area (Å²) in [6, 6.07) is 8.37. The molecule has 1 rings (SSSR count). The van der Waals surface area contributed by atoms with Gasteiger partial charge in [-0.25, -0.2) is 4.79 Å². The Morgan fingerprint density at radius 1 is 1.33 bits per heavy atom. The zero-order chi connectivity index (χ0) is 13.4. The van der Waals surface area contributed by atoms with Gasteiger partial charge in [0.2, 0.25) is 0 Å². The molecule has 1 aromatic rings. The van der Waals surface area contributed by atoms with Gasteiger partial charge >= 0.3 is 12.1 Å². The van der Waals surface area contributed by atoms with Crippen molar-refractivity contribution < 1.29 is 19.1 Å². The maximum absolute atomic E-state index is 11.3. The maximum atomic E-state index is 11.3. The molecule has 98 valence electrons. The lowest BCUT2D eigenvalue weighted by Crippen LogP contribution is -2.43. The first-order chi connectivity index (χ1) is 8.63. The van der Waals surface area contributed by atoms with Gasteiger partial charge in [-0.1, -0.05) is 30.3 Å². The van der Waals surface area contributed by atoms with Gasteiger partial charge in [-0.2, -0.15) is 0 Å². The van der Waals surface area contributed by atoms with E-state index in [2.05, 4.69) is 10.1 Å². The van der Waals surface area contributed by atoms with Gasteiger partial charge in [-0.05, 0) is 5.56 Å². The van der Waals surface area contributed by atoms with E-state index in [-0.39, 0.29) is 13.2 Å². The highest BCUT2D eigenvalue weighted by Gasteiger charge is 2.14. The first-order valence-corrected chi connectivity index (χ1v) is 5.41. The first-order valence-electron chi connectivity index (χ1n) is 5.41. The van der Waals surface area contributed by atoms with Crippen molar-refractivity contribution in [1.29, 1.82) is 0 Å². The second kappa shape index (κ2) is 7.29. The molecule has 1 aromatic carbocycles. The Hall–Kier alpha value is -2.08. The number of carbonyl (C=O) groups is 2. The van der Waals surface area contributed by atoms with Crippen molar-refractivity contribution in [1.82, 2.24) is 5.32 Å². The van der Waals surface area contributed by atoms with Gasteiger partial charge in [0, 0.05) is 6.54 Å². The predicted octanol–water partition coefficient (Wildman–Crippen LogP) is 0.413. The lowest BCUT2D eigenvalue weighted by atomic mass is 10.2. The van der Waals surface area contributed by atoms with E-state index >= 15 is 0 Å². The van der Waals surface area contributed by atoms with E-state index in [0.717, 1.165) is 5.56 Å². The predicted molar refractivity (Wildman–Crippen MR) is 64.6 cm³/mol. The third-order valence-electron chi connectivity index (χ3n) is 2.18. The summed E-state index contributed by atoms with van der Waals surface area (Å²) >= 11 is 0. The molecule has 18 heavy (non-hydrogen) atoms. The highest BCUT2D eigenvalue weighted by molar-refractivity contribution is 5.76. The third-order valence-corrected chi connectivity index (χ3v) is 2.18. The van der Waals surface area contributed by atoms with E-state index in [4.69, 9.17) is 10.5 Å². The number of esters is 1. The van der Waals surface area contributed by atoms with Crippen LogP contribution in [0.5, 0.6) is 0 Å². The zero-order valence-corrected chi connectivity index (χ0v) is 10.1. The van der Waals surface area contributed by atoms with E-state index < -0.39 is 18.1 Å². The second-order valence-electron chi connectivity index (χ2n) is 3.57. The Morgan fingerprint density at radius 3 is 2.61 bits per heavy atom. The summed E-state index contributed by atoms with van der Waals surface area (Å²) in [6.07, 6.45) is -0.627. The van der Waals surface area contributed by atoms with Gasteiger partial charge in [0.1, 0.15) is 12.6 Å². The molecule has 0 bridgehead atoms. The lowest BCUT2D eigenvalue weighted by molar-refractivity contribution is -0.141. The molecule has 0 spiro atoms. The van der Waals surface area contributed by atoms with E-state index in [0.29, 0.717) is 0 Å². The fourth-order valence-electron chi connectivity index (χ4n) is 1.20. The zero-order valence-electron chi connectivity index (χ0n) is 10.1. The molecule has 0 aliphatic heterocycles. The van der Waals surface area contributed by atoms with Crippen LogP contribution < -0.4 is 11.1 Å². The van der Waals surface area contributed by atoms with Gasteiger partial charge in [0.05, 0.1) is 7.11 Å².